The van der Waals surface area contributed by atoms with E-state index in [2.05, 4.69) is 12.6 Å². The highest BCUT2D eigenvalue weighted by molar-refractivity contribution is 7.80. The van der Waals surface area contributed by atoms with Crippen molar-refractivity contribution in [1.29, 1.82) is 0 Å². The second-order valence-electron chi connectivity index (χ2n) is 2.49. The van der Waals surface area contributed by atoms with E-state index in [4.69, 9.17) is 0 Å². The molecule has 0 fully saturated rings. The Bertz CT molecular complexity index is 431. The minimum Gasteiger partial charge on any atom is -0.297 e. The van der Waals surface area contributed by atoms with E-state index >= 15 is 0 Å². The minimum absolute atomic E-state index is 0.768. The molecule has 2 aromatic rings. The molecule has 0 amide bonds. The Morgan fingerprint density at radius 3 is 2.92 bits per heavy atom. The summed E-state index contributed by atoms with van der Waals surface area (Å²) in [5.74, 6) is 0. The molecule has 3 heteroatoms. The minimum atomic E-state index is 0.768. The lowest BCUT2D eigenvalue weighted by Gasteiger charge is -1.89. The number of carbonyl (C=O) groups excluding carboxylic acids is 1. The molecule has 0 saturated heterocycles. The van der Waals surface area contributed by atoms with Gasteiger partial charge in [-0.25, -0.2) is 0 Å². The van der Waals surface area contributed by atoms with Crippen molar-refractivity contribution < 1.29 is 4.79 Å². The average Bonchev–Trinajstić information content (AvgIpc) is 2.46. The lowest BCUT2D eigenvalue weighted by Crippen LogP contribution is -1.64. The van der Waals surface area contributed by atoms with Gasteiger partial charge in [0.05, 0.1) is 4.88 Å². The molecule has 12 heavy (non-hydrogen) atoms. The van der Waals surface area contributed by atoms with Gasteiger partial charge < -0.3 is 0 Å². The Morgan fingerprint density at radius 2 is 2.17 bits per heavy atom. The molecule has 1 aromatic carbocycles. The van der Waals surface area contributed by atoms with E-state index < -0.39 is 0 Å². The number of aldehydes is 1. The van der Waals surface area contributed by atoms with Gasteiger partial charge in [-0.3, -0.25) is 4.79 Å². The van der Waals surface area contributed by atoms with Crippen molar-refractivity contribution in [1.82, 2.24) is 0 Å². The monoisotopic (exact) mass is 194 g/mol. The van der Waals surface area contributed by atoms with Gasteiger partial charge in [-0.05, 0) is 23.6 Å². The first-order valence-corrected chi connectivity index (χ1v) is 4.74. The number of thiol groups is 1. The van der Waals surface area contributed by atoms with Crippen LogP contribution < -0.4 is 0 Å². The van der Waals surface area contributed by atoms with Crippen molar-refractivity contribution in [2.45, 2.75) is 4.90 Å². The van der Waals surface area contributed by atoms with Crippen LogP contribution in [0.1, 0.15) is 9.67 Å². The van der Waals surface area contributed by atoms with E-state index in [0.29, 0.717) is 0 Å². The molecule has 0 radical (unpaired) electrons. The predicted octanol–water partition coefficient (Wildman–Crippen LogP) is 3.00. The number of hydrogen-bond donors (Lipinski definition) is 1. The van der Waals surface area contributed by atoms with Crippen molar-refractivity contribution in [3.05, 3.63) is 29.1 Å². The normalized spacial score (nSPS) is 10.4. The highest BCUT2D eigenvalue weighted by atomic mass is 32.1. The van der Waals surface area contributed by atoms with Crippen LogP contribution in [0.3, 0.4) is 0 Å². The van der Waals surface area contributed by atoms with Gasteiger partial charge in [0.1, 0.15) is 0 Å². The topological polar surface area (TPSA) is 17.1 Å². The number of rotatable bonds is 1. The van der Waals surface area contributed by atoms with Crippen molar-refractivity contribution in [2.24, 2.45) is 0 Å². The second kappa shape index (κ2) is 2.92. The largest absolute Gasteiger partial charge is 0.297 e. The van der Waals surface area contributed by atoms with Crippen molar-refractivity contribution in [3.8, 4) is 0 Å². The smallest absolute Gasteiger partial charge is 0.160 e. The molecule has 0 N–H and O–H groups in total. The third-order valence-electron chi connectivity index (χ3n) is 1.64. The number of hydrogen-bond acceptors (Lipinski definition) is 3. The maximum Gasteiger partial charge on any atom is 0.160 e. The van der Waals surface area contributed by atoms with E-state index in [0.717, 1.165) is 26.1 Å². The van der Waals surface area contributed by atoms with Crippen LogP contribution in [0.2, 0.25) is 0 Å². The average molecular weight is 194 g/mol. The molecule has 0 spiro atoms. The molecule has 0 unspecified atom stereocenters. The summed E-state index contributed by atoms with van der Waals surface area (Å²) in [6.45, 7) is 0. The van der Waals surface area contributed by atoms with Crippen LogP contribution in [0, 0.1) is 0 Å². The summed E-state index contributed by atoms with van der Waals surface area (Å²) in [5.41, 5.74) is 0. The first-order chi connectivity index (χ1) is 5.79. The van der Waals surface area contributed by atoms with Gasteiger partial charge in [0.15, 0.2) is 6.29 Å². The zero-order chi connectivity index (χ0) is 8.55. The molecule has 2 rings (SSSR count). The van der Waals surface area contributed by atoms with Gasteiger partial charge >= 0.3 is 0 Å². The molecular weight excluding hydrogens is 188 g/mol. The van der Waals surface area contributed by atoms with Crippen LogP contribution in [0.5, 0.6) is 0 Å². The van der Waals surface area contributed by atoms with Crippen molar-refractivity contribution >= 4 is 40.3 Å². The first-order valence-electron chi connectivity index (χ1n) is 3.47. The van der Waals surface area contributed by atoms with E-state index in [9.17, 15) is 4.79 Å². The quantitative estimate of drug-likeness (QED) is 0.545. The van der Waals surface area contributed by atoms with Crippen LogP contribution in [-0.4, -0.2) is 6.29 Å². The number of carbonyl (C=O) groups is 1. The molecule has 0 atom stereocenters. The van der Waals surface area contributed by atoms with Gasteiger partial charge in [-0.2, -0.15) is 0 Å². The van der Waals surface area contributed by atoms with Gasteiger partial charge in [0.25, 0.3) is 0 Å². The molecule has 60 valence electrons. The number of fused-ring (bicyclic) bond motifs is 1. The maximum absolute atomic E-state index is 10.5. The Kier molecular flexibility index (Phi) is 1.90. The molecule has 0 bridgehead atoms. The van der Waals surface area contributed by atoms with E-state index in [1.807, 2.05) is 24.3 Å². The Morgan fingerprint density at radius 1 is 1.33 bits per heavy atom. The van der Waals surface area contributed by atoms with E-state index in [-0.39, 0.29) is 0 Å². The second-order valence-corrected chi connectivity index (χ2v) is 4.12. The van der Waals surface area contributed by atoms with Gasteiger partial charge in [0, 0.05) is 9.60 Å². The number of benzene rings is 1. The van der Waals surface area contributed by atoms with E-state index in [1.165, 1.54) is 11.3 Å². The zero-order valence-corrected chi connectivity index (χ0v) is 7.86. The van der Waals surface area contributed by atoms with Crippen LogP contribution in [0.25, 0.3) is 10.1 Å². The lowest BCUT2D eigenvalue weighted by molar-refractivity contribution is 0.112. The zero-order valence-electron chi connectivity index (χ0n) is 6.15. The summed E-state index contributed by atoms with van der Waals surface area (Å²) < 4.78 is 1.12. The van der Waals surface area contributed by atoms with Crippen LogP contribution in [0.4, 0.5) is 0 Å². The molecule has 0 aliphatic heterocycles. The molecule has 1 heterocycles. The Balaban J connectivity index is 2.75. The fourth-order valence-electron chi connectivity index (χ4n) is 1.10. The van der Waals surface area contributed by atoms with Crippen molar-refractivity contribution in [2.75, 3.05) is 0 Å². The van der Waals surface area contributed by atoms with Gasteiger partial charge in [-0.1, -0.05) is 6.07 Å². The lowest BCUT2D eigenvalue weighted by atomic mass is 10.2. The van der Waals surface area contributed by atoms with Crippen LogP contribution in [0.15, 0.2) is 29.2 Å². The predicted molar refractivity (Wildman–Crippen MR) is 54.5 cm³/mol. The molecule has 0 saturated carbocycles. The fraction of sp³-hybridized carbons (Fsp3) is 0. The molecular formula is C9H6OS2. The maximum atomic E-state index is 10.5. The van der Waals surface area contributed by atoms with Gasteiger partial charge in [0.2, 0.25) is 0 Å². The Hall–Kier alpha value is -0.800. The Labute approximate surface area is 79.4 Å². The summed E-state index contributed by atoms with van der Waals surface area (Å²) in [5, 5.41) is 1.11. The summed E-state index contributed by atoms with van der Waals surface area (Å²) in [6, 6.07) is 7.75. The first kappa shape index (κ1) is 7.83. The van der Waals surface area contributed by atoms with Gasteiger partial charge in [-0.15, -0.1) is 24.0 Å². The molecule has 1 nitrogen and oxygen atoms in total. The molecule has 1 aromatic heterocycles. The fourth-order valence-corrected chi connectivity index (χ4v) is 2.31. The summed E-state index contributed by atoms with van der Waals surface area (Å²) >= 11 is 5.71. The third kappa shape index (κ3) is 1.26. The summed E-state index contributed by atoms with van der Waals surface area (Å²) in [6.07, 6.45) is 0.878. The third-order valence-corrected chi connectivity index (χ3v) is 2.94. The molecule has 0 aliphatic rings. The molecule has 0 aliphatic carbocycles. The van der Waals surface area contributed by atoms with Crippen molar-refractivity contribution in [3.63, 3.8) is 0 Å². The van der Waals surface area contributed by atoms with Crippen LogP contribution in [-0.2, 0) is 0 Å². The number of thiophene rings is 1. The standard InChI is InChI=1S/C9H6OS2/c10-5-8-3-6-1-2-7(11)4-9(6)12-8/h1-5,11H. The van der Waals surface area contributed by atoms with Crippen LogP contribution >= 0.6 is 24.0 Å². The SMILES string of the molecule is O=Cc1cc2ccc(S)cc2s1. The summed E-state index contributed by atoms with van der Waals surface area (Å²) in [7, 11) is 0. The highest BCUT2D eigenvalue weighted by Crippen LogP contribution is 2.26. The van der Waals surface area contributed by atoms with E-state index in [1.54, 1.807) is 0 Å². The highest BCUT2D eigenvalue weighted by Gasteiger charge is 1.99. The summed E-state index contributed by atoms with van der Waals surface area (Å²) in [4.78, 5) is 12.2.